The topological polar surface area (TPSA) is 97.4 Å². The van der Waals surface area contributed by atoms with Crippen molar-refractivity contribution in [3.05, 3.63) is 59.4 Å². The number of aliphatic hydroxyl groups is 1. The number of hydrogen-bond acceptors (Lipinski definition) is 6. The number of benzene rings is 2. The highest BCUT2D eigenvalue weighted by molar-refractivity contribution is 5.95. The molecular formula is C28H36FN5O4. The van der Waals surface area contributed by atoms with E-state index in [9.17, 15) is 19.1 Å². The SMILES string of the molecule is COc1cc(F)cc(CN2C(=O)N(c3ccc(C4CNNC4)cc3)CC23CCN(C(=O)C(C)(C)O)CC3)c1. The third-order valence-corrected chi connectivity index (χ3v) is 8.00. The van der Waals surface area contributed by atoms with Crippen LogP contribution in [0.5, 0.6) is 5.75 Å². The van der Waals surface area contributed by atoms with Gasteiger partial charge >= 0.3 is 6.03 Å². The summed E-state index contributed by atoms with van der Waals surface area (Å²) in [6, 6.07) is 12.5. The van der Waals surface area contributed by atoms with E-state index in [1.165, 1.54) is 38.7 Å². The van der Waals surface area contributed by atoms with Gasteiger partial charge in [0.05, 0.1) is 19.2 Å². The molecule has 3 N–H and O–H groups in total. The molecule has 38 heavy (non-hydrogen) atoms. The number of halogens is 1. The van der Waals surface area contributed by atoms with E-state index in [1.54, 1.807) is 15.9 Å². The van der Waals surface area contributed by atoms with Crippen molar-refractivity contribution >= 4 is 17.6 Å². The van der Waals surface area contributed by atoms with Crippen LogP contribution in [-0.4, -0.2) is 77.8 Å². The largest absolute Gasteiger partial charge is 0.497 e. The summed E-state index contributed by atoms with van der Waals surface area (Å²) in [4.78, 5) is 31.9. The van der Waals surface area contributed by atoms with Crippen molar-refractivity contribution in [3.8, 4) is 5.75 Å². The molecule has 2 aromatic rings. The van der Waals surface area contributed by atoms with Crippen LogP contribution in [0.25, 0.3) is 0 Å². The molecular weight excluding hydrogens is 489 g/mol. The van der Waals surface area contributed by atoms with E-state index in [1.807, 2.05) is 17.0 Å². The van der Waals surface area contributed by atoms with Gasteiger partial charge in [-0.2, -0.15) is 0 Å². The first-order chi connectivity index (χ1) is 18.1. The van der Waals surface area contributed by atoms with Crippen LogP contribution in [0.15, 0.2) is 42.5 Å². The number of ether oxygens (including phenoxy) is 1. The number of amides is 3. The first kappa shape index (κ1) is 26.4. The fraction of sp³-hybridized carbons (Fsp3) is 0.500. The normalized spacial score (nSPS) is 20.0. The van der Waals surface area contributed by atoms with Crippen LogP contribution >= 0.6 is 0 Å². The highest BCUT2D eigenvalue weighted by atomic mass is 19.1. The van der Waals surface area contributed by atoms with E-state index in [4.69, 9.17) is 4.74 Å². The fourth-order valence-electron chi connectivity index (χ4n) is 5.81. The van der Waals surface area contributed by atoms with Gasteiger partial charge in [-0.25, -0.2) is 9.18 Å². The van der Waals surface area contributed by atoms with E-state index >= 15 is 0 Å². The third-order valence-electron chi connectivity index (χ3n) is 8.00. The predicted molar refractivity (Wildman–Crippen MR) is 141 cm³/mol. The van der Waals surface area contributed by atoms with Gasteiger partial charge in [-0.15, -0.1) is 0 Å². The molecule has 0 saturated carbocycles. The van der Waals surface area contributed by atoms with Gasteiger partial charge in [0, 0.05) is 50.4 Å². The second-order valence-electron chi connectivity index (χ2n) is 11.1. The molecule has 0 aromatic heterocycles. The molecule has 3 aliphatic rings. The van der Waals surface area contributed by atoms with E-state index in [2.05, 4.69) is 23.0 Å². The molecule has 3 aliphatic heterocycles. The van der Waals surface area contributed by atoms with Crippen LogP contribution < -0.4 is 20.5 Å². The molecule has 0 unspecified atom stereocenters. The number of likely N-dealkylation sites (tertiary alicyclic amines) is 1. The van der Waals surface area contributed by atoms with Crippen LogP contribution in [0.4, 0.5) is 14.9 Å². The molecule has 3 fully saturated rings. The first-order valence-corrected chi connectivity index (χ1v) is 13.1. The number of methoxy groups -OCH3 is 1. The minimum Gasteiger partial charge on any atom is -0.497 e. The van der Waals surface area contributed by atoms with Crippen LogP contribution in [0.1, 0.15) is 43.7 Å². The Morgan fingerprint density at radius 3 is 2.39 bits per heavy atom. The number of nitrogens with one attached hydrogen (secondary N) is 2. The average molecular weight is 526 g/mol. The minimum absolute atomic E-state index is 0.146. The van der Waals surface area contributed by atoms with Crippen LogP contribution in [-0.2, 0) is 11.3 Å². The predicted octanol–water partition coefficient (Wildman–Crippen LogP) is 2.60. The summed E-state index contributed by atoms with van der Waals surface area (Å²) < 4.78 is 19.6. The van der Waals surface area contributed by atoms with Crippen molar-refractivity contribution in [2.75, 3.05) is 44.7 Å². The maximum atomic E-state index is 14.3. The lowest BCUT2D eigenvalue weighted by molar-refractivity contribution is -0.150. The summed E-state index contributed by atoms with van der Waals surface area (Å²) in [5.41, 5.74) is 6.96. The lowest BCUT2D eigenvalue weighted by Crippen LogP contribution is -2.57. The summed E-state index contributed by atoms with van der Waals surface area (Å²) in [6.45, 7) is 6.24. The summed E-state index contributed by atoms with van der Waals surface area (Å²) in [5.74, 6) is 0.0341. The molecule has 3 amide bonds. The van der Waals surface area contributed by atoms with Crippen molar-refractivity contribution in [3.63, 3.8) is 0 Å². The molecule has 1 spiro atoms. The van der Waals surface area contributed by atoms with Gasteiger partial charge in [0.2, 0.25) is 0 Å². The number of urea groups is 1. The third kappa shape index (κ3) is 5.08. The minimum atomic E-state index is -1.45. The molecule has 204 valence electrons. The van der Waals surface area contributed by atoms with E-state index < -0.39 is 17.0 Å². The summed E-state index contributed by atoms with van der Waals surface area (Å²) in [7, 11) is 1.49. The summed E-state index contributed by atoms with van der Waals surface area (Å²) >= 11 is 0. The molecule has 0 aliphatic carbocycles. The number of rotatable bonds is 6. The Balaban J connectivity index is 1.42. The van der Waals surface area contributed by atoms with Crippen molar-refractivity contribution in [1.82, 2.24) is 20.7 Å². The molecule has 0 radical (unpaired) electrons. The van der Waals surface area contributed by atoms with Gasteiger partial charge < -0.3 is 19.6 Å². The Morgan fingerprint density at radius 1 is 1.13 bits per heavy atom. The number of hydrazine groups is 1. The Hall–Kier alpha value is -3.21. The van der Waals surface area contributed by atoms with Crippen molar-refractivity contribution in [1.29, 1.82) is 0 Å². The van der Waals surface area contributed by atoms with Crippen LogP contribution in [0.3, 0.4) is 0 Å². The lowest BCUT2D eigenvalue weighted by atomic mass is 9.85. The van der Waals surface area contributed by atoms with Crippen LogP contribution in [0, 0.1) is 5.82 Å². The van der Waals surface area contributed by atoms with Crippen LogP contribution in [0.2, 0.25) is 0 Å². The number of anilines is 1. The van der Waals surface area contributed by atoms with Gasteiger partial charge in [0.25, 0.3) is 5.91 Å². The standard InChI is InChI=1S/C28H36FN5O4/c1-27(2,37)25(35)32-10-8-28(9-11-32)18-33(23-6-4-20(5-7-23)21-15-30-31-16-21)26(36)34(28)17-19-12-22(29)14-24(13-19)38-3/h4-7,12-14,21,30-31,37H,8-11,15-18H2,1-3H3. The second kappa shape index (κ2) is 10.2. The average Bonchev–Trinajstić information content (AvgIpc) is 3.52. The Labute approximate surface area is 222 Å². The molecule has 5 rings (SSSR count). The van der Waals surface area contributed by atoms with Gasteiger partial charge in [0.15, 0.2) is 0 Å². The van der Waals surface area contributed by atoms with Gasteiger partial charge in [-0.3, -0.25) is 20.5 Å². The highest BCUT2D eigenvalue weighted by Gasteiger charge is 2.52. The number of hydrogen-bond donors (Lipinski definition) is 3. The molecule has 2 aromatic carbocycles. The van der Waals surface area contributed by atoms with E-state index in [0.717, 1.165) is 18.8 Å². The quantitative estimate of drug-likeness (QED) is 0.537. The Bertz CT molecular complexity index is 1180. The number of carbonyl (C=O) groups is 2. The number of piperidine rings is 1. The smallest absolute Gasteiger partial charge is 0.325 e. The summed E-state index contributed by atoms with van der Waals surface area (Å²) in [5, 5.41) is 10.2. The monoisotopic (exact) mass is 525 g/mol. The highest BCUT2D eigenvalue weighted by Crippen LogP contribution is 2.40. The maximum absolute atomic E-state index is 14.3. The number of nitrogens with zero attached hydrogens (tertiary/aromatic N) is 3. The molecule has 3 heterocycles. The molecule has 3 saturated heterocycles. The maximum Gasteiger partial charge on any atom is 0.325 e. The Morgan fingerprint density at radius 2 is 1.79 bits per heavy atom. The molecule has 0 bridgehead atoms. The first-order valence-electron chi connectivity index (χ1n) is 13.1. The lowest BCUT2D eigenvalue weighted by Gasteiger charge is -2.44. The fourth-order valence-corrected chi connectivity index (χ4v) is 5.81. The van der Waals surface area contributed by atoms with Gasteiger partial charge in [-0.05, 0) is 62.1 Å². The van der Waals surface area contributed by atoms with Gasteiger partial charge in [0.1, 0.15) is 17.2 Å². The van der Waals surface area contributed by atoms with Crippen molar-refractivity contribution < 1.29 is 23.8 Å². The Kier molecular flexibility index (Phi) is 7.06. The van der Waals surface area contributed by atoms with Crippen molar-refractivity contribution in [2.24, 2.45) is 0 Å². The molecule has 9 nitrogen and oxygen atoms in total. The summed E-state index contributed by atoms with van der Waals surface area (Å²) in [6.07, 6.45) is 1.11. The zero-order chi connectivity index (χ0) is 27.1. The number of carbonyl (C=O) groups excluding carboxylic acids is 2. The zero-order valence-corrected chi connectivity index (χ0v) is 22.2. The van der Waals surface area contributed by atoms with E-state index in [-0.39, 0.29) is 18.5 Å². The van der Waals surface area contributed by atoms with Gasteiger partial charge in [-0.1, -0.05) is 12.1 Å². The van der Waals surface area contributed by atoms with Crippen molar-refractivity contribution in [2.45, 2.75) is 50.3 Å². The molecule has 0 atom stereocenters. The molecule has 10 heteroatoms. The second-order valence-corrected chi connectivity index (χ2v) is 11.1. The van der Waals surface area contributed by atoms with E-state index in [0.29, 0.717) is 49.7 Å². The zero-order valence-electron chi connectivity index (χ0n) is 22.2.